The van der Waals surface area contributed by atoms with Crippen LogP contribution >= 0.6 is 0 Å². The van der Waals surface area contributed by atoms with Crippen LogP contribution in [0.4, 0.5) is 0 Å². The number of oxazole rings is 1. The van der Waals surface area contributed by atoms with E-state index in [-0.39, 0.29) is 0 Å². The van der Waals surface area contributed by atoms with E-state index in [0.717, 1.165) is 28.5 Å². The molecule has 0 unspecified atom stereocenters. The molecule has 0 aliphatic rings. The minimum Gasteiger partial charge on any atom is -0.508 e. The van der Waals surface area contributed by atoms with E-state index < -0.39 is 0 Å². The number of hydrogen-bond donors (Lipinski definition) is 2. The van der Waals surface area contributed by atoms with Crippen LogP contribution in [0.15, 0.2) is 47.0 Å². The van der Waals surface area contributed by atoms with Crippen molar-refractivity contribution in [3.63, 3.8) is 0 Å². The smallest absolute Gasteiger partial charge is 0.208 e. The monoisotopic (exact) mass is 282 g/mol. The summed E-state index contributed by atoms with van der Waals surface area (Å²) in [7, 11) is 0. The molecule has 0 atom stereocenters. The Morgan fingerprint density at radius 1 is 1.14 bits per heavy atom. The summed E-state index contributed by atoms with van der Waals surface area (Å²) in [5, 5.41) is 15.5. The van der Waals surface area contributed by atoms with Gasteiger partial charge < -0.3 is 14.8 Å². The molecule has 4 heteroatoms. The van der Waals surface area contributed by atoms with Gasteiger partial charge in [0, 0.05) is 18.5 Å². The zero-order valence-corrected chi connectivity index (χ0v) is 12.0. The first kappa shape index (κ1) is 13.6. The van der Waals surface area contributed by atoms with Crippen molar-refractivity contribution in [2.24, 2.45) is 0 Å². The van der Waals surface area contributed by atoms with Gasteiger partial charge in [0.15, 0.2) is 0 Å². The summed E-state index contributed by atoms with van der Waals surface area (Å²) in [6, 6.07) is 11.7. The quantitative estimate of drug-likeness (QED) is 0.753. The van der Waals surface area contributed by atoms with Crippen molar-refractivity contribution in [3.05, 3.63) is 59.8 Å². The molecule has 3 aromatic rings. The highest BCUT2D eigenvalue weighted by molar-refractivity contribution is 5.87. The number of aromatic hydroxyl groups is 1. The van der Waals surface area contributed by atoms with Gasteiger partial charge in [-0.05, 0) is 16.8 Å². The van der Waals surface area contributed by atoms with Crippen LogP contribution in [0.25, 0.3) is 10.8 Å². The molecule has 2 N–H and O–H groups in total. The van der Waals surface area contributed by atoms with Gasteiger partial charge in [0.2, 0.25) is 5.89 Å². The Labute approximate surface area is 123 Å². The van der Waals surface area contributed by atoms with Crippen molar-refractivity contribution in [3.8, 4) is 5.75 Å². The van der Waals surface area contributed by atoms with Crippen LogP contribution in [0.5, 0.6) is 5.75 Å². The van der Waals surface area contributed by atoms with Crippen molar-refractivity contribution < 1.29 is 9.52 Å². The van der Waals surface area contributed by atoms with Gasteiger partial charge in [0.05, 0.1) is 12.7 Å². The number of nitrogens with one attached hydrogen (secondary N) is 1. The highest BCUT2D eigenvalue weighted by Gasteiger charge is 2.07. The fourth-order valence-electron chi connectivity index (χ4n) is 2.40. The predicted octanol–water partition coefficient (Wildman–Crippen LogP) is 3.39. The van der Waals surface area contributed by atoms with Crippen LogP contribution in [-0.2, 0) is 19.5 Å². The topological polar surface area (TPSA) is 58.3 Å². The molecule has 21 heavy (non-hydrogen) atoms. The molecular weight excluding hydrogens is 264 g/mol. The molecule has 0 bridgehead atoms. The Balaban J connectivity index is 1.74. The average molecular weight is 282 g/mol. The molecule has 1 heterocycles. The van der Waals surface area contributed by atoms with Crippen molar-refractivity contribution in [1.29, 1.82) is 0 Å². The number of rotatable bonds is 5. The summed E-state index contributed by atoms with van der Waals surface area (Å²) >= 11 is 0. The lowest BCUT2D eigenvalue weighted by Crippen LogP contribution is -2.13. The second kappa shape index (κ2) is 5.97. The average Bonchev–Trinajstić information content (AvgIpc) is 2.97. The molecule has 0 amide bonds. The van der Waals surface area contributed by atoms with E-state index in [1.807, 2.05) is 37.3 Å². The van der Waals surface area contributed by atoms with Crippen LogP contribution in [0.3, 0.4) is 0 Å². The van der Waals surface area contributed by atoms with Gasteiger partial charge in [0.1, 0.15) is 11.5 Å². The summed E-state index contributed by atoms with van der Waals surface area (Å²) in [6.45, 7) is 3.14. The van der Waals surface area contributed by atoms with Gasteiger partial charge in [-0.15, -0.1) is 0 Å². The lowest BCUT2D eigenvalue weighted by Gasteiger charge is -2.09. The molecular formula is C17H18N2O2. The number of fused-ring (bicyclic) bond motifs is 1. The first-order valence-corrected chi connectivity index (χ1v) is 7.12. The number of phenols is 1. The third-order valence-corrected chi connectivity index (χ3v) is 3.54. The number of nitrogens with zero attached hydrogens (tertiary/aromatic N) is 1. The number of benzene rings is 2. The second-order valence-corrected chi connectivity index (χ2v) is 4.96. The first-order chi connectivity index (χ1) is 10.3. The molecule has 2 aromatic carbocycles. The molecule has 108 valence electrons. The Bertz CT molecular complexity index is 749. The third kappa shape index (κ3) is 2.90. The highest BCUT2D eigenvalue weighted by atomic mass is 16.4. The lowest BCUT2D eigenvalue weighted by atomic mass is 10.0. The van der Waals surface area contributed by atoms with Gasteiger partial charge in [-0.2, -0.15) is 0 Å². The van der Waals surface area contributed by atoms with Crippen LogP contribution in [-0.4, -0.2) is 10.1 Å². The summed E-state index contributed by atoms with van der Waals surface area (Å²) in [6.07, 6.45) is 2.60. The van der Waals surface area contributed by atoms with Gasteiger partial charge in [-0.25, -0.2) is 4.98 Å². The fourth-order valence-corrected chi connectivity index (χ4v) is 2.40. The van der Waals surface area contributed by atoms with E-state index in [4.69, 9.17) is 4.42 Å². The van der Waals surface area contributed by atoms with Crippen molar-refractivity contribution >= 4 is 10.8 Å². The zero-order valence-electron chi connectivity index (χ0n) is 12.0. The standard InChI is InChI=1S/C17H18N2O2/c1-2-13-9-19-17(21-13)11-18-10-15-14-6-4-3-5-12(14)7-8-16(15)20/h3-9,18,20H,2,10-11H2,1H3. The fraction of sp³-hybridized carbons (Fsp3) is 0.235. The van der Waals surface area contributed by atoms with E-state index in [0.29, 0.717) is 24.7 Å². The molecule has 0 saturated carbocycles. The van der Waals surface area contributed by atoms with Crippen LogP contribution in [0.2, 0.25) is 0 Å². The number of aromatic nitrogens is 1. The van der Waals surface area contributed by atoms with E-state index in [1.54, 1.807) is 12.3 Å². The van der Waals surface area contributed by atoms with Crippen LogP contribution < -0.4 is 5.32 Å². The Morgan fingerprint density at radius 3 is 2.81 bits per heavy atom. The van der Waals surface area contributed by atoms with Gasteiger partial charge in [-0.1, -0.05) is 37.3 Å². The van der Waals surface area contributed by atoms with Crippen molar-refractivity contribution in [2.45, 2.75) is 26.4 Å². The zero-order chi connectivity index (χ0) is 14.7. The number of phenolic OH excluding ortho intramolecular Hbond substituents is 1. The summed E-state index contributed by atoms with van der Waals surface area (Å²) in [4.78, 5) is 4.21. The molecule has 0 aliphatic heterocycles. The first-order valence-electron chi connectivity index (χ1n) is 7.12. The minimum atomic E-state index is 0.308. The highest BCUT2D eigenvalue weighted by Crippen LogP contribution is 2.26. The number of hydrogen-bond acceptors (Lipinski definition) is 4. The Hall–Kier alpha value is -2.33. The normalized spacial score (nSPS) is 11.1. The molecule has 4 nitrogen and oxygen atoms in total. The van der Waals surface area contributed by atoms with Crippen molar-refractivity contribution in [2.75, 3.05) is 0 Å². The molecule has 0 saturated heterocycles. The maximum atomic E-state index is 10.1. The molecule has 0 spiro atoms. The van der Waals surface area contributed by atoms with Gasteiger partial charge in [0.25, 0.3) is 0 Å². The maximum Gasteiger partial charge on any atom is 0.208 e. The second-order valence-electron chi connectivity index (χ2n) is 4.96. The predicted molar refractivity (Wildman–Crippen MR) is 82.0 cm³/mol. The SMILES string of the molecule is CCc1cnc(CNCc2c(O)ccc3ccccc23)o1. The summed E-state index contributed by atoms with van der Waals surface area (Å²) < 4.78 is 5.55. The molecule has 3 rings (SSSR count). The van der Waals surface area contributed by atoms with E-state index in [1.165, 1.54) is 0 Å². The minimum absolute atomic E-state index is 0.308. The Morgan fingerprint density at radius 2 is 2.00 bits per heavy atom. The molecule has 0 radical (unpaired) electrons. The molecule has 0 aliphatic carbocycles. The largest absolute Gasteiger partial charge is 0.508 e. The van der Waals surface area contributed by atoms with E-state index in [9.17, 15) is 5.11 Å². The summed E-state index contributed by atoms with van der Waals surface area (Å²) in [5.74, 6) is 1.87. The van der Waals surface area contributed by atoms with Crippen LogP contribution in [0.1, 0.15) is 24.1 Å². The van der Waals surface area contributed by atoms with Gasteiger partial charge in [-0.3, -0.25) is 0 Å². The van der Waals surface area contributed by atoms with E-state index >= 15 is 0 Å². The van der Waals surface area contributed by atoms with Gasteiger partial charge >= 0.3 is 0 Å². The van der Waals surface area contributed by atoms with Crippen LogP contribution in [0, 0.1) is 0 Å². The molecule has 1 aromatic heterocycles. The maximum absolute atomic E-state index is 10.1. The third-order valence-electron chi connectivity index (χ3n) is 3.54. The Kier molecular flexibility index (Phi) is 3.88. The number of aryl methyl sites for hydroxylation is 1. The summed E-state index contributed by atoms with van der Waals surface area (Å²) in [5.41, 5.74) is 0.898. The van der Waals surface area contributed by atoms with Crippen molar-refractivity contribution in [1.82, 2.24) is 10.3 Å². The molecule has 0 fully saturated rings. The lowest BCUT2D eigenvalue weighted by molar-refractivity contribution is 0.434. The van der Waals surface area contributed by atoms with E-state index in [2.05, 4.69) is 10.3 Å².